The van der Waals surface area contributed by atoms with Gasteiger partial charge in [-0.05, 0) is 55.3 Å². The summed E-state index contributed by atoms with van der Waals surface area (Å²) in [5.41, 5.74) is 2.90. The van der Waals surface area contributed by atoms with Crippen molar-refractivity contribution in [1.82, 2.24) is 4.98 Å². The molecule has 2 amide bonds. The molecule has 2 aromatic carbocycles. The Balaban J connectivity index is 1.28. The van der Waals surface area contributed by atoms with Crippen molar-refractivity contribution in [3.8, 4) is 5.75 Å². The van der Waals surface area contributed by atoms with Gasteiger partial charge in [0, 0.05) is 30.3 Å². The first kappa shape index (κ1) is 17.7. The van der Waals surface area contributed by atoms with Gasteiger partial charge in [0.15, 0.2) is 11.5 Å². The maximum atomic E-state index is 12.7. The molecular formula is C22H21N3O4. The molecule has 2 aliphatic rings. The van der Waals surface area contributed by atoms with Crippen molar-refractivity contribution in [1.29, 1.82) is 0 Å². The number of hydrogen-bond donors (Lipinski definition) is 1. The molecule has 1 saturated heterocycles. The van der Waals surface area contributed by atoms with Gasteiger partial charge in [-0.3, -0.25) is 9.59 Å². The highest BCUT2D eigenvalue weighted by atomic mass is 16.5. The Labute approximate surface area is 167 Å². The molecule has 1 N–H and O–H groups in total. The average molecular weight is 391 g/mol. The topological polar surface area (TPSA) is 84.7 Å². The fraction of sp³-hybridized carbons (Fsp3) is 0.318. The van der Waals surface area contributed by atoms with Gasteiger partial charge in [0.1, 0.15) is 11.3 Å². The molecule has 0 spiro atoms. The summed E-state index contributed by atoms with van der Waals surface area (Å²) in [7, 11) is 1.60. The van der Waals surface area contributed by atoms with Gasteiger partial charge >= 0.3 is 0 Å². The largest absolute Gasteiger partial charge is 0.497 e. The van der Waals surface area contributed by atoms with Crippen LogP contribution in [0.1, 0.15) is 31.1 Å². The number of carbonyl (C=O) groups excluding carboxylic acids is 2. The number of benzene rings is 2. The van der Waals surface area contributed by atoms with Crippen molar-refractivity contribution >= 4 is 34.3 Å². The monoisotopic (exact) mass is 391 g/mol. The summed E-state index contributed by atoms with van der Waals surface area (Å²) in [6.07, 6.45) is 2.43. The zero-order valence-electron chi connectivity index (χ0n) is 16.1. The molecule has 2 fully saturated rings. The molecule has 29 heavy (non-hydrogen) atoms. The summed E-state index contributed by atoms with van der Waals surface area (Å²) in [5.74, 6) is 1.31. The molecule has 1 unspecified atom stereocenters. The summed E-state index contributed by atoms with van der Waals surface area (Å²) < 4.78 is 10.9. The zero-order valence-corrected chi connectivity index (χ0v) is 16.1. The number of aromatic nitrogens is 1. The van der Waals surface area contributed by atoms with Crippen LogP contribution in [0.2, 0.25) is 0 Å². The first-order valence-electron chi connectivity index (χ1n) is 9.76. The van der Waals surface area contributed by atoms with Crippen molar-refractivity contribution in [3.63, 3.8) is 0 Å². The predicted molar refractivity (Wildman–Crippen MR) is 108 cm³/mol. The summed E-state index contributed by atoms with van der Waals surface area (Å²) in [6.45, 7) is 0.356. The van der Waals surface area contributed by atoms with E-state index in [1.807, 2.05) is 24.3 Å². The van der Waals surface area contributed by atoms with Gasteiger partial charge in [0.25, 0.3) is 0 Å². The minimum absolute atomic E-state index is 0.0589. The van der Waals surface area contributed by atoms with E-state index in [4.69, 9.17) is 9.15 Å². The Morgan fingerprint density at radius 2 is 2.00 bits per heavy atom. The smallest absolute Gasteiger partial charge is 0.229 e. The second-order valence-electron chi connectivity index (χ2n) is 7.60. The first-order chi connectivity index (χ1) is 14.1. The van der Waals surface area contributed by atoms with Crippen molar-refractivity contribution in [2.75, 3.05) is 23.9 Å². The van der Waals surface area contributed by atoms with E-state index in [0.29, 0.717) is 18.2 Å². The van der Waals surface area contributed by atoms with Crippen molar-refractivity contribution in [2.45, 2.75) is 25.2 Å². The van der Waals surface area contributed by atoms with Crippen LogP contribution in [-0.4, -0.2) is 30.5 Å². The third-order valence-electron chi connectivity index (χ3n) is 5.48. The van der Waals surface area contributed by atoms with E-state index in [0.717, 1.165) is 41.3 Å². The Hall–Kier alpha value is -3.35. The Bertz CT molecular complexity index is 1090. The lowest BCUT2D eigenvalue weighted by molar-refractivity contribution is -0.122. The van der Waals surface area contributed by atoms with Crippen LogP contribution in [0.3, 0.4) is 0 Å². The fourth-order valence-corrected chi connectivity index (χ4v) is 3.67. The maximum Gasteiger partial charge on any atom is 0.229 e. The summed E-state index contributed by atoms with van der Waals surface area (Å²) in [5, 5.41) is 2.92. The lowest BCUT2D eigenvalue weighted by atomic mass is 10.1. The standard InChI is InChI=1S/C22H21N3O4/c1-28-17-7-5-16(6-8-17)25-12-14(10-20(25)26)21(27)23-15-4-9-19-18(11-15)24-22(29-19)13-2-3-13/h4-9,11,13-14H,2-3,10,12H2,1H3,(H,23,27). The molecule has 148 valence electrons. The van der Waals surface area contributed by atoms with Crippen LogP contribution < -0.4 is 15.0 Å². The molecule has 1 aliphatic carbocycles. The number of hydrogen-bond acceptors (Lipinski definition) is 5. The number of anilines is 2. The molecule has 2 heterocycles. The second-order valence-corrected chi connectivity index (χ2v) is 7.60. The van der Waals surface area contributed by atoms with E-state index in [2.05, 4.69) is 10.3 Å². The minimum atomic E-state index is -0.403. The second kappa shape index (κ2) is 6.92. The lowest BCUT2D eigenvalue weighted by Crippen LogP contribution is -2.28. The number of methoxy groups -OCH3 is 1. The number of ether oxygens (including phenoxy) is 1. The van der Waals surface area contributed by atoms with E-state index in [1.165, 1.54) is 0 Å². The van der Waals surface area contributed by atoms with Crippen molar-refractivity contribution in [2.24, 2.45) is 5.92 Å². The van der Waals surface area contributed by atoms with Crippen LogP contribution in [0, 0.1) is 5.92 Å². The van der Waals surface area contributed by atoms with Gasteiger partial charge in [-0.15, -0.1) is 0 Å². The molecule has 1 aromatic heterocycles. The minimum Gasteiger partial charge on any atom is -0.497 e. The van der Waals surface area contributed by atoms with Crippen molar-refractivity contribution < 1.29 is 18.7 Å². The van der Waals surface area contributed by atoms with Crippen molar-refractivity contribution in [3.05, 3.63) is 48.4 Å². The number of carbonyl (C=O) groups is 2. The molecule has 1 saturated carbocycles. The third kappa shape index (κ3) is 3.44. The Morgan fingerprint density at radius 1 is 1.21 bits per heavy atom. The normalized spacial score (nSPS) is 19.0. The van der Waals surface area contributed by atoms with E-state index in [-0.39, 0.29) is 18.2 Å². The number of rotatable bonds is 5. The maximum absolute atomic E-state index is 12.7. The Morgan fingerprint density at radius 3 is 2.72 bits per heavy atom. The summed E-state index contributed by atoms with van der Waals surface area (Å²) in [6, 6.07) is 12.7. The van der Waals surface area contributed by atoms with Gasteiger partial charge in [0.05, 0.1) is 13.0 Å². The van der Waals surface area contributed by atoms with Crippen LogP contribution >= 0.6 is 0 Å². The lowest BCUT2D eigenvalue weighted by Gasteiger charge is -2.17. The summed E-state index contributed by atoms with van der Waals surface area (Å²) >= 11 is 0. The van der Waals surface area contributed by atoms with Crippen LogP contribution in [0.4, 0.5) is 11.4 Å². The zero-order chi connectivity index (χ0) is 20.0. The van der Waals surface area contributed by atoms with E-state index in [1.54, 1.807) is 30.2 Å². The number of oxazole rings is 1. The van der Waals surface area contributed by atoms with Crippen LogP contribution in [0.25, 0.3) is 11.1 Å². The number of nitrogens with one attached hydrogen (secondary N) is 1. The molecule has 3 aromatic rings. The fourth-order valence-electron chi connectivity index (χ4n) is 3.67. The molecule has 1 atom stereocenters. The van der Waals surface area contributed by atoms with Gasteiger partial charge in [-0.1, -0.05) is 0 Å². The molecule has 7 nitrogen and oxygen atoms in total. The highest BCUT2D eigenvalue weighted by Crippen LogP contribution is 2.40. The van der Waals surface area contributed by atoms with Gasteiger partial charge in [-0.2, -0.15) is 0 Å². The van der Waals surface area contributed by atoms with Gasteiger partial charge < -0.3 is 19.4 Å². The van der Waals surface area contributed by atoms with Gasteiger partial charge in [-0.25, -0.2) is 4.98 Å². The number of amides is 2. The highest BCUT2D eigenvalue weighted by Gasteiger charge is 2.35. The van der Waals surface area contributed by atoms with Crippen LogP contribution in [0.5, 0.6) is 5.75 Å². The van der Waals surface area contributed by atoms with Gasteiger partial charge in [0.2, 0.25) is 11.8 Å². The molecule has 1 aliphatic heterocycles. The predicted octanol–water partition coefficient (Wildman–Crippen LogP) is 3.71. The van der Waals surface area contributed by atoms with Crippen LogP contribution in [0.15, 0.2) is 46.9 Å². The van der Waals surface area contributed by atoms with E-state index in [9.17, 15) is 9.59 Å². The molecule has 5 rings (SSSR count). The molecule has 0 bridgehead atoms. The van der Waals surface area contributed by atoms with Crippen LogP contribution in [-0.2, 0) is 9.59 Å². The molecule has 0 radical (unpaired) electrons. The molecule has 7 heteroatoms. The summed E-state index contributed by atoms with van der Waals surface area (Å²) in [4.78, 5) is 31.4. The first-order valence-corrected chi connectivity index (χ1v) is 9.76. The highest BCUT2D eigenvalue weighted by molar-refractivity contribution is 6.03. The average Bonchev–Trinajstić information content (AvgIpc) is 3.38. The quantitative estimate of drug-likeness (QED) is 0.717. The van der Waals surface area contributed by atoms with E-state index >= 15 is 0 Å². The van der Waals surface area contributed by atoms with E-state index < -0.39 is 5.92 Å². The number of nitrogens with zero attached hydrogens (tertiary/aromatic N) is 2. The molecular weight excluding hydrogens is 370 g/mol. The third-order valence-corrected chi connectivity index (χ3v) is 5.48. The Kier molecular flexibility index (Phi) is 4.23. The number of fused-ring (bicyclic) bond motifs is 1. The SMILES string of the molecule is COc1ccc(N2CC(C(=O)Nc3ccc4oc(C5CC5)nc4c3)CC2=O)cc1.